The topological polar surface area (TPSA) is 12.0 Å². The van der Waals surface area contributed by atoms with Crippen molar-refractivity contribution in [2.24, 2.45) is 5.92 Å². The van der Waals surface area contributed by atoms with Crippen molar-refractivity contribution in [1.82, 2.24) is 5.32 Å². The smallest absolute Gasteiger partial charge is 0.137 e. The molecular formula is C15H23BrFN. The maximum Gasteiger partial charge on any atom is 0.137 e. The van der Waals surface area contributed by atoms with Crippen molar-refractivity contribution in [1.29, 1.82) is 0 Å². The SMILES string of the molecule is CCCNC(C)CC(C)Cc1cccc(F)c1Br. The van der Waals surface area contributed by atoms with Crippen LogP contribution in [0.25, 0.3) is 0 Å². The highest BCUT2D eigenvalue weighted by molar-refractivity contribution is 9.10. The molecule has 3 heteroatoms. The normalized spacial score (nSPS) is 14.5. The minimum atomic E-state index is -0.170. The van der Waals surface area contributed by atoms with Crippen LogP contribution in [-0.2, 0) is 6.42 Å². The van der Waals surface area contributed by atoms with Crippen LogP contribution in [-0.4, -0.2) is 12.6 Å². The van der Waals surface area contributed by atoms with Gasteiger partial charge in [-0.15, -0.1) is 0 Å². The van der Waals surface area contributed by atoms with Crippen LogP contribution in [0.1, 0.15) is 39.2 Å². The fraction of sp³-hybridized carbons (Fsp3) is 0.600. The summed E-state index contributed by atoms with van der Waals surface area (Å²) >= 11 is 3.33. The number of nitrogens with one attached hydrogen (secondary N) is 1. The standard InChI is InChI=1S/C15H23BrFN/c1-4-8-18-12(3)9-11(2)10-13-6-5-7-14(17)15(13)16/h5-7,11-12,18H,4,8-10H2,1-3H3. The van der Waals surface area contributed by atoms with Crippen LogP contribution in [0.3, 0.4) is 0 Å². The van der Waals surface area contributed by atoms with Crippen molar-refractivity contribution in [2.45, 2.75) is 46.1 Å². The highest BCUT2D eigenvalue weighted by Gasteiger charge is 2.12. The van der Waals surface area contributed by atoms with E-state index in [0.29, 0.717) is 16.4 Å². The second kappa shape index (κ2) is 7.90. The van der Waals surface area contributed by atoms with E-state index in [0.717, 1.165) is 31.4 Å². The molecule has 18 heavy (non-hydrogen) atoms. The molecule has 0 amide bonds. The molecule has 1 aromatic carbocycles. The van der Waals surface area contributed by atoms with Gasteiger partial charge in [0.2, 0.25) is 0 Å². The molecule has 0 aromatic heterocycles. The zero-order valence-corrected chi connectivity index (χ0v) is 13.1. The Morgan fingerprint density at radius 3 is 2.72 bits per heavy atom. The molecule has 1 nitrogen and oxygen atoms in total. The molecule has 0 saturated heterocycles. The van der Waals surface area contributed by atoms with Crippen molar-refractivity contribution in [3.05, 3.63) is 34.1 Å². The Labute approximate surface area is 118 Å². The Bertz CT molecular complexity index is 368. The Hall–Kier alpha value is -0.410. The lowest BCUT2D eigenvalue weighted by atomic mass is 9.95. The molecule has 102 valence electrons. The molecule has 0 fully saturated rings. The third-order valence-corrected chi connectivity index (χ3v) is 3.99. The first kappa shape index (κ1) is 15.6. The average molecular weight is 316 g/mol. The molecule has 2 unspecified atom stereocenters. The maximum absolute atomic E-state index is 13.4. The monoisotopic (exact) mass is 315 g/mol. The summed E-state index contributed by atoms with van der Waals surface area (Å²) in [6.45, 7) is 7.68. The summed E-state index contributed by atoms with van der Waals surface area (Å²) in [5.74, 6) is 0.374. The van der Waals surface area contributed by atoms with E-state index in [1.165, 1.54) is 6.07 Å². The third-order valence-electron chi connectivity index (χ3n) is 3.10. The van der Waals surface area contributed by atoms with Gasteiger partial charge >= 0.3 is 0 Å². The molecular weight excluding hydrogens is 293 g/mol. The minimum absolute atomic E-state index is 0.170. The first-order chi connectivity index (χ1) is 8.54. The van der Waals surface area contributed by atoms with Crippen LogP contribution in [0, 0.1) is 11.7 Å². The van der Waals surface area contributed by atoms with Gasteiger partial charge in [0.25, 0.3) is 0 Å². The van der Waals surface area contributed by atoms with Crippen LogP contribution < -0.4 is 5.32 Å². The molecule has 0 spiro atoms. The Morgan fingerprint density at radius 1 is 1.33 bits per heavy atom. The zero-order chi connectivity index (χ0) is 13.5. The van der Waals surface area contributed by atoms with Crippen molar-refractivity contribution < 1.29 is 4.39 Å². The largest absolute Gasteiger partial charge is 0.314 e. The first-order valence-corrected chi connectivity index (χ1v) is 7.50. The van der Waals surface area contributed by atoms with Gasteiger partial charge in [-0.25, -0.2) is 4.39 Å². The van der Waals surface area contributed by atoms with Crippen LogP contribution in [0.4, 0.5) is 4.39 Å². The average Bonchev–Trinajstić information content (AvgIpc) is 2.32. The highest BCUT2D eigenvalue weighted by Crippen LogP contribution is 2.24. The summed E-state index contributed by atoms with van der Waals surface area (Å²) in [7, 11) is 0. The molecule has 0 aliphatic heterocycles. The van der Waals surface area contributed by atoms with Gasteiger partial charge in [0.05, 0.1) is 4.47 Å². The number of halogens is 2. The van der Waals surface area contributed by atoms with Gasteiger partial charge < -0.3 is 5.32 Å². The molecule has 1 aromatic rings. The van der Waals surface area contributed by atoms with Gasteiger partial charge in [-0.3, -0.25) is 0 Å². The van der Waals surface area contributed by atoms with E-state index >= 15 is 0 Å². The van der Waals surface area contributed by atoms with E-state index in [1.54, 1.807) is 6.07 Å². The first-order valence-electron chi connectivity index (χ1n) is 6.70. The van der Waals surface area contributed by atoms with E-state index in [2.05, 4.69) is 42.0 Å². The molecule has 0 radical (unpaired) electrons. The molecule has 0 saturated carbocycles. The molecule has 0 aliphatic rings. The summed E-state index contributed by atoms with van der Waals surface area (Å²) in [5.41, 5.74) is 1.06. The molecule has 0 bridgehead atoms. The summed E-state index contributed by atoms with van der Waals surface area (Å²) in [6, 6.07) is 5.78. The Balaban J connectivity index is 2.49. The maximum atomic E-state index is 13.4. The molecule has 0 aliphatic carbocycles. The fourth-order valence-electron chi connectivity index (χ4n) is 2.24. The molecule has 0 heterocycles. The van der Waals surface area contributed by atoms with E-state index in [9.17, 15) is 4.39 Å². The number of hydrogen-bond acceptors (Lipinski definition) is 1. The van der Waals surface area contributed by atoms with Gasteiger partial charge in [0.1, 0.15) is 5.82 Å². The van der Waals surface area contributed by atoms with E-state index in [1.807, 2.05) is 6.07 Å². The molecule has 2 atom stereocenters. The van der Waals surface area contributed by atoms with E-state index < -0.39 is 0 Å². The molecule has 1 rings (SSSR count). The van der Waals surface area contributed by atoms with Crippen molar-refractivity contribution >= 4 is 15.9 Å². The predicted molar refractivity (Wildman–Crippen MR) is 79.3 cm³/mol. The number of benzene rings is 1. The van der Waals surface area contributed by atoms with E-state index in [-0.39, 0.29) is 5.82 Å². The summed E-state index contributed by atoms with van der Waals surface area (Å²) in [6.07, 6.45) is 3.19. The van der Waals surface area contributed by atoms with Gasteiger partial charge in [0, 0.05) is 6.04 Å². The van der Waals surface area contributed by atoms with Gasteiger partial charge in [-0.2, -0.15) is 0 Å². The number of rotatable bonds is 7. The van der Waals surface area contributed by atoms with Gasteiger partial charge in [0.15, 0.2) is 0 Å². The quantitative estimate of drug-likeness (QED) is 0.778. The van der Waals surface area contributed by atoms with Crippen molar-refractivity contribution in [3.63, 3.8) is 0 Å². The lowest BCUT2D eigenvalue weighted by Crippen LogP contribution is -2.28. The summed E-state index contributed by atoms with van der Waals surface area (Å²) < 4.78 is 14.0. The zero-order valence-electron chi connectivity index (χ0n) is 11.5. The van der Waals surface area contributed by atoms with Crippen LogP contribution in [0.15, 0.2) is 22.7 Å². The fourth-order valence-corrected chi connectivity index (χ4v) is 2.67. The lowest BCUT2D eigenvalue weighted by molar-refractivity contribution is 0.419. The highest BCUT2D eigenvalue weighted by atomic mass is 79.9. The van der Waals surface area contributed by atoms with Crippen LogP contribution in [0.5, 0.6) is 0 Å². The van der Waals surface area contributed by atoms with Gasteiger partial charge in [-0.1, -0.05) is 26.0 Å². The minimum Gasteiger partial charge on any atom is -0.314 e. The molecule has 1 N–H and O–H groups in total. The number of hydrogen-bond donors (Lipinski definition) is 1. The lowest BCUT2D eigenvalue weighted by Gasteiger charge is -2.19. The van der Waals surface area contributed by atoms with E-state index in [4.69, 9.17) is 0 Å². The third kappa shape index (κ3) is 5.07. The van der Waals surface area contributed by atoms with Crippen molar-refractivity contribution in [2.75, 3.05) is 6.54 Å². The summed E-state index contributed by atoms with van der Waals surface area (Å²) in [5, 5.41) is 3.49. The Kier molecular flexibility index (Phi) is 6.87. The predicted octanol–water partition coefficient (Wildman–Crippen LogP) is 4.55. The van der Waals surface area contributed by atoms with Crippen LogP contribution in [0.2, 0.25) is 0 Å². The second-order valence-corrected chi connectivity index (χ2v) is 5.91. The van der Waals surface area contributed by atoms with Crippen LogP contribution >= 0.6 is 15.9 Å². The van der Waals surface area contributed by atoms with Crippen molar-refractivity contribution in [3.8, 4) is 0 Å². The van der Waals surface area contributed by atoms with Gasteiger partial charge in [-0.05, 0) is 66.2 Å². The Morgan fingerprint density at radius 2 is 2.06 bits per heavy atom. The summed E-state index contributed by atoms with van der Waals surface area (Å²) in [4.78, 5) is 0. The second-order valence-electron chi connectivity index (χ2n) is 5.11.